The lowest BCUT2D eigenvalue weighted by molar-refractivity contribution is 0.136. The smallest absolute Gasteiger partial charge is 0.148 e. The van der Waals surface area contributed by atoms with Crippen molar-refractivity contribution in [3.63, 3.8) is 0 Å². The van der Waals surface area contributed by atoms with Gasteiger partial charge >= 0.3 is 0 Å². The zero-order chi connectivity index (χ0) is 15.9. The van der Waals surface area contributed by atoms with Crippen LogP contribution in [0.5, 0.6) is 0 Å². The van der Waals surface area contributed by atoms with Gasteiger partial charge in [0.15, 0.2) is 0 Å². The second kappa shape index (κ2) is 8.20. The molecule has 0 unspecified atom stereocenters. The summed E-state index contributed by atoms with van der Waals surface area (Å²) in [7, 11) is 0. The normalized spacial score (nSPS) is 19.1. The average Bonchev–Trinajstić information content (AvgIpc) is 3.00. The van der Waals surface area contributed by atoms with E-state index in [0.717, 1.165) is 31.4 Å². The summed E-state index contributed by atoms with van der Waals surface area (Å²) in [5.74, 6) is 0.907. The Kier molecular flexibility index (Phi) is 5.75. The fourth-order valence-electron chi connectivity index (χ4n) is 3.54. The Morgan fingerprint density at radius 1 is 1.13 bits per heavy atom. The van der Waals surface area contributed by atoms with Crippen molar-refractivity contribution >= 4 is 0 Å². The van der Waals surface area contributed by atoms with Gasteiger partial charge in [0.05, 0.1) is 0 Å². The lowest BCUT2D eigenvalue weighted by atomic mass is 9.95. The number of aromatic nitrogens is 4. The summed E-state index contributed by atoms with van der Waals surface area (Å²) in [6.07, 6.45) is 7.64. The predicted molar refractivity (Wildman–Crippen MR) is 91.1 cm³/mol. The van der Waals surface area contributed by atoms with E-state index in [4.69, 9.17) is 0 Å². The predicted octanol–water partition coefficient (Wildman–Crippen LogP) is 2.86. The molecular formula is C18H27N5. The molecule has 3 rings (SSSR count). The van der Waals surface area contributed by atoms with Crippen LogP contribution in [0.3, 0.4) is 0 Å². The topological polar surface area (TPSA) is 46.8 Å². The van der Waals surface area contributed by atoms with Crippen LogP contribution >= 0.6 is 0 Å². The van der Waals surface area contributed by atoms with Gasteiger partial charge in [-0.3, -0.25) is 0 Å². The van der Waals surface area contributed by atoms with Crippen molar-refractivity contribution in [1.29, 1.82) is 0 Å². The molecule has 0 aliphatic carbocycles. The highest BCUT2D eigenvalue weighted by Crippen LogP contribution is 2.21. The maximum absolute atomic E-state index is 4.03. The van der Waals surface area contributed by atoms with Gasteiger partial charge in [-0.25, -0.2) is 4.68 Å². The second-order valence-corrected chi connectivity index (χ2v) is 6.51. The number of aryl methyl sites for hydroxylation is 3. The van der Waals surface area contributed by atoms with Gasteiger partial charge < -0.3 is 4.90 Å². The molecule has 1 atom stereocenters. The molecule has 1 aliphatic heterocycles. The molecule has 0 saturated carbocycles. The molecule has 0 amide bonds. The van der Waals surface area contributed by atoms with E-state index in [-0.39, 0.29) is 0 Å². The molecule has 1 saturated heterocycles. The lowest BCUT2D eigenvalue weighted by Crippen LogP contribution is -2.40. The molecule has 23 heavy (non-hydrogen) atoms. The minimum atomic E-state index is 0.735. The minimum Gasteiger partial charge on any atom is -0.300 e. The molecule has 5 heteroatoms. The Bertz CT molecular complexity index is 580. The number of piperidine rings is 1. The van der Waals surface area contributed by atoms with Crippen LogP contribution in [0, 0.1) is 6.92 Å². The highest BCUT2D eigenvalue weighted by molar-refractivity contribution is 5.14. The molecule has 0 radical (unpaired) electrons. The Hall–Kier alpha value is -1.75. The van der Waals surface area contributed by atoms with Gasteiger partial charge in [0.2, 0.25) is 0 Å². The van der Waals surface area contributed by atoms with E-state index in [2.05, 4.69) is 50.8 Å². The fraction of sp³-hybridized carbons (Fsp3) is 0.611. The third kappa shape index (κ3) is 4.61. The maximum Gasteiger partial charge on any atom is 0.148 e. The summed E-state index contributed by atoms with van der Waals surface area (Å²) in [5.41, 5.74) is 1.46. The molecule has 0 N–H and O–H groups in total. The van der Waals surface area contributed by atoms with E-state index in [9.17, 15) is 0 Å². The Labute approximate surface area is 138 Å². The van der Waals surface area contributed by atoms with E-state index >= 15 is 0 Å². The lowest BCUT2D eigenvalue weighted by Gasteiger charge is -2.36. The summed E-state index contributed by atoms with van der Waals surface area (Å²) >= 11 is 0. The van der Waals surface area contributed by atoms with Gasteiger partial charge in [-0.05, 0) is 61.6 Å². The van der Waals surface area contributed by atoms with E-state index < -0.39 is 0 Å². The standard InChI is InChI=1S/C18H27N5/c1-16-19-20-21-23(16)15-7-14-22-13-6-5-10-18(22)12-11-17-8-3-2-4-9-17/h2-4,8-9,18H,5-7,10-15H2,1H3/t18-/m1/s1. The van der Waals surface area contributed by atoms with E-state index in [1.165, 1.54) is 44.2 Å². The van der Waals surface area contributed by atoms with Gasteiger partial charge in [0.25, 0.3) is 0 Å². The number of hydrogen-bond donors (Lipinski definition) is 0. The van der Waals surface area contributed by atoms with Crippen molar-refractivity contribution < 1.29 is 0 Å². The molecule has 2 aromatic rings. The number of likely N-dealkylation sites (tertiary alicyclic amines) is 1. The summed E-state index contributed by atoms with van der Waals surface area (Å²) in [6.45, 7) is 5.27. The molecule has 1 aromatic heterocycles. The van der Waals surface area contributed by atoms with Crippen LogP contribution in [0.1, 0.15) is 43.5 Å². The summed E-state index contributed by atoms with van der Waals surface area (Å²) in [6, 6.07) is 11.6. The van der Waals surface area contributed by atoms with Crippen molar-refractivity contribution in [3.8, 4) is 0 Å². The Balaban J connectivity index is 1.47. The summed E-state index contributed by atoms with van der Waals surface area (Å²) < 4.78 is 1.91. The monoisotopic (exact) mass is 313 g/mol. The maximum atomic E-state index is 4.03. The Morgan fingerprint density at radius 3 is 2.78 bits per heavy atom. The van der Waals surface area contributed by atoms with Crippen LogP contribution in [0.25, 0.3) is 0 Å². The SMILES string of the molecule is Cc1nnnn1CCCN1CCCC[C@@H]1CCc1ccccc1. The number of rotatable bonds is 7. The third-order valence-corrected chi connectivity index (χ3v) is 4.88. The largest absolute Gasteiger partial charge is 0.300 e. The van der Waals surface area contributed by atoms with Gasteiger partial charge in [0, 0.05) is 19.1 Å². The first-order chi connectivity index (χ1) is 11.3. The van der Waals surface area contributed by atoms with Crippen molar-refractivity contribution in [2.75, 3.05) is 13.1 Å². The number of benzene rings is 1. The molecule has 2 heterocycles. The number of tetrazole rings is 1. The van der Waals surface area contributed by atoms with Crippen LogP contribution in [-0.2, 0) is 13.0 Å². The minimum absolute atomic E-state index is 0.735. The molecule has 1 aliphatic rings. The number of hydrogen-bond acceptors (Lipinski definition) is 4. The zero-order valence-corrected chi connectivity index (χ0v) is 14.1. The first kappa shape index (κ1) is 16.1. The van der Waals surface area contributed by atoms with Crippen LogP contribution in [-0.4, -0.2) is 44.2 Å². The van der Waals surface area contributed by atoms with Crippen LogP contribution in [0.15, 0.2) is 30.3 Å². The van der Waals surface area contributed by atoms with Gasteiger partial charge in [-0.2, -0.15) is 0 Å². The molecule has 5 nitrogen and oxygen atoms in total. The Morgan fingerprint density at radius 2 is 2.00 bits per heavy atom. The van der Waals surface area contributed by atoms with E-state index in [1.807, 2.05) is 11.6 Å². The highest BCUT2D eigenvalue weighted by atomic mass is 15.5. The van der Waals surface area contributed by atoms with Crippen molar-refractivity contribution in [2.45, 2.75) is 58.0 Å². The molecule has 0 bridgehead atoms. The zero-order valence-electron chi connectivity index (χ0n) is 14.1. The average molecular weight is 313 g/mol. The second-order valence-electron chi connectivity index (χ2n) is 6.51. The van der Waals surface area contributed by atoms with E-state index in [1.54, 1.807) is 0 Å². The molecule has 1 aromatic carbocycles. The molecule has 1 fully saturated rings. The van der Waals surface area contributed by atoms with Crippen molar-refractivity contribution in [2.24, 2.45) is 0 Å². The van der Waals surface area contributed by atoms with Crippen LogP contribution < -0.4 is 0 Å². The van der Waals surface area contributed by atoms with Gasteiger partial charge in [-0.15, -0.1) is 5.10 Å². The first-order valence-electron chi connectivity index (χ1n) is 8.83. The molecule has 0 spiro atoms. The summed E-state index contributed by atoms with van der Waals surface area (Å²) in [4.78, 5) is 2.69. The first-order valence-corrected chi connectivity index (χ1v) is 8.83. The van der Waals surface area contributed by atoms with Crippen LogP contribution in [0.4, 0.5) is 0 Å². The molecule has 124 valence electrons. The van der Waals surface area contributed by atoms with Crippen LogP contribution in [0.2, 0.25) is 0 Å². The third-order valence-electron chi connectivity index (χ3n) is 4.88. The summed E-state index contributed by atoms with van der Waals surface area (Å²) in [5, 5.41) is 11.7. The van der Waals surface area contributed by atoms with Gasteiger partial charge in [-0.1, -0.05) is 36.8 Å². The quantitative estimate of drug-likeness (QED) is 0.788. The van der Waals surface area contributed by atoms with Crippen molar-refractivity contribution in [1.82, 2.24) is 25.1 Å². The molecular weight excluding hydrogens is 286 g/mol. The fourth-order valence-corrected chi connectivity index (χ4v) is 3.54. The number of nitrogens with zero attached hydrogens (tertiary/aromatic N) is 5. The van der Waals surface area contributed by atoms with Crippen molar-refractivity contribution in [3.05, 3.63) is 41.7 Å². The van der Waals surface area contributed by atoms with E-state index in [0.29, 0.717) is 0 Å². The highest BCUT2D eigenvalue weighted by Gasteiger charge is 2.21. The van der Waals surface area contributed by atoms with Gasteiger partial charge in [0.1, 0.15) is 5.82 Å².